The van der Waals surface area contributed by atoms with Crippen LogP contribution in [0, 0.1) is 29.5 Å². The lowest BCUT2D eigenvalue weighted by atomic mass is 10.0. The molecular formula is C33H43FN6O6. The number of aromatic nitrogens is 2. The van der Waals surface area contributed by atoms with Gasteiger partial charge in [0, 0.05) is 50.9 Å². The number of benzene rings is 1. The van der Waals surface area contributed by atoms with Gasteiger partial charge in [-0.15, -0.1) is 0 Å². The van der Waals surface area contributed by atoms with E-state index in [1.807, 2.05) is 25.7 Å². The molecule has 1 saturated carbocycles. The summed E-state index contributed by atoms with van der Waals surface area (Å²) in [6.45, 7) is 10.8. The van der Waals surface area contributed by atoms with Gasteiger partial charge in [0.1, 0.15) is 23.4 Å². The predicted molar refractivity (Wildman–Crippen MR) is 167 cm³/mol. The molecule has 2 aliphatic heterocycles. The van der Waals surface area contributed by atoms with Crippen LogP contribution >= 0.6 is 0 Å². The number of hydrogen-bond donors (Lipinski definition) is 1. The quantitative estimate of drug-likeness (QED) is 0.291. The number of unbranched alkanes of at least 4 members (excludes halogenated alkanes) is 1. The van der Waals surface area contributed by atoms with Crippen LogP contribution < -0.4 is 10.2 Å². The summed E-state index contributed by atoms with van der Waals surface area (Å²) in [5.74, 6) is -0.626. The highest BCUT2D eigenvalue weighted by Crippen LogP contribution is 2.53. The number of anilines is 1. The number of hydrogen-bond acceptors (Lipinski definition) is 9. The van der Waals surface area contributed by atoms with E-state index < -0.39 is 17.8 Å². The van der Waals surface area contributed by atoms with Gasteiger partial charge in [0.15, 0.2) is 5.82 Å². The topological polar surface area (TPSA) is 134 Å². The van der Waals surface area contributed by atoms with E-state index in [-0.39, 0.29) is 53.2 Å². The summed E-state index contributed by atoms with van der Waals surface area (Å²) in [5.41, 5.74) is 0.610. The molecule has 0 spiro atoms. The fraction of sp³-hybridized carbons (Fsp3) is 0.576. The van der Waals surface area contributed by atoms with Crippen LogP contribution in [-0.4, -0.2) is 102 Å². The smallest absolute Gasteiger partial charge is 0.409 e. The number of nitrogens with one attached hydrogen (secondary N) is 1. The van der Waals surface area contributed by atoms with Gasteiger partial charge < -0.3 is 29.5 Å². The Bertz CT molecular complexity index is 1420. The number of esters is 1. The second-order valence-corrected chi connectivity index (χ2v) is 12.4. The van der Waals surface area contributed by atoms with Crippen molar-refractivity contribution in [2.24, 2.45) is 23.7 Å². The Morgan fingerprint density at radius 1 is 0.957 bits per heavy atom. The molecule has 1 aromatic heterocycles. The number of piperazine rings is 1. The number of ether oxygens (including phenoxy) is 2. The summed E-state index contributed by atoms with van der Waals surface area (Å²) >= 11 is 0. The molecule has 13 heteroatoms. The number of fused-ring (bicyclic) bond motifs is 1. The number of carbonyl (C=O) groups excluding carboxylic acids is 4. The summed E-state index contributed by atoms with van der Waals surface area (Å²) in [5, 5.41) is 2.89. The first-order valence-corrected chi connectivity index (χ1v) is 16.2. The van der Waals surface area contributed by atoms with Crippen LogP contribution in [0.15, 0.2) is 30.3 Å². The third kappa shape index (κ3) is 7.39. The predicted octanol–water partition coefficient (Wildman–Crippen LogP) is 3.36. The zero-order valence-electron chi connectivity index (χ0n) is 26.9. The maximum Gasteiger partial charge on any atom is 0.409 e. The van der Waals surface area contributed by atoms with Crippen molar-refractivity contribution in [1.29, 1.82) is 0 Å². The monoisotopic (exact) mass is 638 g/mol. The molecule has 2 saturated heterocycles. The molecular weight excluding hydrogens is 595 g/mol. The number of amides is 3. The number of rotatable bonds is 11. The van der Waals surface area contributed by atoms with Gasteiger partial charge in [-0.05, 0) is 55.4 Å². The molecule has 46 heavy (non-hydrogen) atoms. The van der Waals surface area contributed by atoms with Crippen LogP contribution in [0.1, 0.15) is 51.0 Å². The molecule has 2 aromatic rings. The van der Waals surface area contributed by atoms with Crippen molar-refractivity contribution in [3.05, 3.63) is 41.8 Å². The molecule has 3 fully saturated rings. The molecule has 0 radical (unpaired) electrons. The maximum absolute atomic E-state index is 13.7. The first kappa shape index (κ1) is 33.1. The Morgan fingerprint density at radius 2 is 1.61 bits per heavy atom. The van der Waals surface area contributed by atoms with Crippen molar-refractivity contribution in [1.82, 2.24) is 25.1 Å². The molecule has 3 heterocycles. The van der Waals surface area contributed by atoms with E-state index in [0.29, 0.717) is 63.9 Å². The lowest BCUT2D eigenvalue weighted by Gasteiger charge is -2.36. The molecule has 3 aliphatic rings. The second kappa shape index (κ2) is 14.4. The minimum Gasteiger partial charge on any atom is -0.466 e. The van der Waals surface area contributed by atoms with E-state index in [0.717, 1.165) is 12.8 Å². The van der Waals surface area contributed by atoms with Gasteiger partial charge in [-0.1, -0.05) is 27.2 Å². The van der Waals surface area contributed by atoms with Gasteiger partial charge in [-0.25, -0.2) is 19.2 Å². The Labute approximate surface area is 268 Å². The normalized spacial score (nSPS) is 21.1. The standard InChI is InChI=1S/C33H43FN6O6/c1-5-7-16-46-33(44)39-14-12-38(13-15-39)31(42)28(20(3)4)37-30(41)25-17-26(36-29(35-25)21-8-10-22(34)11-9-21)40-18-23-24(19-40)27(23)32(43)45-6-2/h8-11,17,20,23-24,27-28H,5-7,12-16,18-19H2,1-4H3,(H,37,41)/t23?,24?,27?,28-/m0/s1. The van der Waals surface area contributed by atoms with E-state index in [1.165, 1.54) is 12.1 Å². The zero-order chi connectivity index (χ0) is 33.0. The van der Waals surface area contributed by atoms with Crippen LogP contribution in [0.3, 0.4) is 0 Å². The van der Waals surface area contributed by atoms with E-state index in [1.54, 1.807) is 34.9 Å². The van der Waals surface area contributed by atoms with Crippen LogP contribution in [0.4, 0.5) is 15.0 Å². The van der Waals surface area contributed by atoms with Gasteiger partial charge in [0.25, 0.3) is 5.91 Å². The van der Waals surface area contributed by atoms with Crippen LogP contribution in [0.2, 0.25) is 0 Å². The fourth-order valence-corrected chi connectivity index (χ4v) is 6.17. The Hall–Kier alpha value is -4.29. The van der Waals surface area contributed by atoms with Gasteiger partial charge in [-0.2, -0.15) is 0 Å². The lowest BCUT2D eigenvalue weighted by molar-refractivity contribution is -0.145. The average molecular weight is 639 g/mol. The Balaban J connectivity index is 1.29. The molecule has 0 bridgehead atoms. The third-order valence-electron chi connectivity index (χ3n) is 8.92. The average Bonchev–Trinajstić information content (AvgIpc) is 3.56. The van der Waals surface area contributed by atoms with E-state index in [2.05, 4.69) is 10.3 Å². The van der Waals surface area contributed by atoms with Crippen molar-refractivity contribution in [3.63, 3.8) is 0 Å². The molecule has 1 aromatic carbocycles. The molecule has 5 rings (SSSR count). The summed E-state index contributed by atoms with van der Waals surface area (Å²) in [6, 6.07) is 6.48. The van der Waals surface area contributed by atoms with E-state index >= 15 is 0 Å². The fourth-order valence-electron chi connectivity index (χ4n) is 6.17. The summed E-state index contributed by atoms with van der Waals surface area (Å²) in [4.78, 5) is 66.5. The van der Waals surface area contributed by atoms with Gasteiger partial charge in [0.2, 0.25) is 5.91 Å². The maximum atomic E-state index is 13.7. The second-order valence-electron chi connectivity index (χ2n) is 12.4. The number of halogens is 1. The molecule has 1 aliphatic carbocycles. The lowest BCUT2D eigenvalue weighted by Crippen LogP contribution is -2.57. The largest absolute Gasteiger partial charge is 0.466 e. The summed E-state index contributed by atoms with van der Waals surface area (Å²) in [6.07, 6.45) is 1.35. The van der Waals surface area contributed by atoms with Crippen molar-refractivity contribution >= 4 is 29.7 Å². The van der Waals surface area contributed by atoms with Crippen LogP contribution in [0.5, 0.6) is 0 Å². The molecule has 1 N–H and O–H groups in total. The van der Waals surface area contributed by atoms with Crippen LogP contribution in [-0.2, 0) is 19.1 Å². The van der Waals surface area contributed by atoms with Crippen molar-refractivity contribution in [2.75, 3.05) is 57.4 Å². The van der Waals surface area contributed by atoms with Gasteiger partial charge >= 0.3 is 12.1 Å². The highest BCUT2D eigenvalue weighted by molar-refractivity contribution is 5.97. The SMILES string of the molecule is CCCCOC(=O)N1CCN(C(=O)[C@@H](NC(=O)c2cc(N3CC4C(C3)C4C(=O)OCC)nc(-c3ccc(F)cc3)n2)C(C)C)CC1. The first-order valence-electron chi connectivity index (χ1n) is 16.2. The zero-order valence-corrected chi connectivity index (χ0v) is 26.9. The number of carbonyl (C=O) groups is 4. The molecule has 3 atom stereocenters. The van der Waals surface area contributed by atoms with Crippen molar-refractivity contribution in [3.8, 4) is 11.4 Å². The highest BCUT2D eigenvalue weighted by Gasteiger charge is 2.60. The van der Waals surface area contributed by atoms with Crippen LogP contribution in [0.25, 0.3) is 11.4 Å². The number of piperidine rings is 1. The molecule has 2 unspecified atom stereocenters. The minimum absolute atomic E-state index is 0.0740. The summed E-state index contributed by atoms with van der Waals surface area (Å²) < 4.78 is 24.2. The Kier molecular flexibility index (Phi) is 10.4. The van der Waals surface area contributed by atoms with E-state index in [4.69, 9.17) is 14.5 Å². The molecule has 248 valence electrons. The highest BCUT2D eigenvalue weighted by atomic mass is 19.1. The molecule has 3 amide bonds. The Morgan fingerprint density at radius 3 is 2.22 bits per heavy atom. The summed E-state index contributed by atoms with van der Waals surface area (Å²) in [7, 11) is 0. The number of nitrogens with zero attached hydrogens (tertiary/aromatic N) is 5. The third-order valence-corrected chi connectivity index (χ3v) is 8.92. The van der Waals surface area contributed by atoms with Gasteiger partial charge in [0.05, 0.1) is 19.1 Å². The first-order chi connectivity index (χ1) is 22.1. The minimum atomic E-state index is -0.826. The van der Waals surface area contributed by atoms with Gasteiger partial charge in [-0.3, -0.25) is 14.4 Å². The molecule has 12 nitrogen and oxygen atoms in total. The van der Waals surface area contributed by atoms with Crippen molar-refractivity contribution in [2.45, 2.75) is 46.6 Å². The van der Waals surface area contributed by atoms with E-state index in [9.17, 15) is 23.6 Å². The van der Waals surface area contributed by atoms with Crippen molar-refractivity contribution < 1.29 is 33.0 Å².